The first-order valence-corrected chi connectivity index (χ1v) is 8.78. The molecule has 0 radical (unpaired) electrons. The molecule has 4 rings (SSSR count). The Morgan fingerprint density at radius 3 is 3.00 bits per heavy atom. The second-order valence-corrected chi connectivity index (χ2v) is 6.49. The molecule has 0 spiro atoms. The highest BCUT2D eigenvalue weighted by Gasteiger charge is 2.25. The third-order valence-electron chi connectivity index (χ3n) is 4.61. The van der Waals surface area contributed by atoms with Crippen LogP contribution in [0.1, 0.15) is 40.1 Å². The summed E-state index contributed by atoms with van der Waals surface area (Å²) in [5, 5.41) is 8.67. The van der Waals surface area contributed by atoms with Gasteiger partial charge in [0.05, 0.1) is 43.4 Å². The van der Waals surface area contributed by atoms with Crippen LogP contribution in [0, 0.1) is 13.8 Å². The van der Waals surface area contributed by atoms with Crippen molar-refractivity contribution in [2.45, 2.75) is 39.5 Å². The molecule has 0 amide bonds. The van der Waals surface area contributed by atoms with E-state index in [-0.39, 0.29) is 6.10 Å². The highest BCUT2D eigenvalue weighted by atomic mass is 16.5. The van der Waals surface area contributed by atoms with Gasteiger partial charge in [-0.3, -0.25) is 9.67 Å². The Hall–Kier alpha value is -2.51. The topological polar surface area (TPSA) is 75.2 Å². The first kappa shape index (κ1) is 16.9. The lowest BCUT2D eigenvalue weighted by Crippen LogP contribution is -2.20. The third kappa shape index (κ3) is 3.54. The normalized spacial score (nSPS) is 16.6. The van der Waals surface area contributed by atoms with E-state index in [1.807, 2.05) is 36.7 Å². The van der Waals surface area contributed by atoms with Gasteiger partial charge in [-0.1, -0.05) is 11.2 Å². The average molecular weight is 354 g/mol. The molecule has 26 heavy (non-hydrogen) atoms. The van der Waals surface area contributed by atoms with Crippen LogP contribution in [-0.2, 0) is 29.0 Å². The van der Waals surface area contributed by atoms with Gasteiger partial charge in [0.15, 0.2) is 0 Å². The fraction of sp³-hybridized carbons (Fsp3) is 0.421. The van der Waals surface area contributed by atoms with Gasteiger partial charge < -0.3 is 14.0 Å². The smallest absolute Gasteiger partial charge is 0.139 e. The van der Waals surface area contributed by atoms with E-state index in [9.17, 15) is 0 Å². The number of hydrogen-bond donors (Lipinski definition) is 0. The molecule has 0 saturated carbocycles. The minimum absolute atomic E-state index is 0.149. The molecule has 0 unspecified atom stereocenters. The number of aromatic nitrogens is 4. The second-order valence-electron chi connectivity index (χ2n) is 6.49. The molecule has 0 aromatic carbocycles. The number of nitrogens with zero attached hydrogens (tertiary/aromatic N) is 4. The maximum atomic E-state index is 5.89. The zero-order valence-corrected chi connectivity index (χ0v) is 15.0. The van der Waals surface area contributed by atoms with Crippen molar-refractivity contribution in [1.82, 2.24) is 19.9 Å². The van der Waals surface area contributed by atoms with Gasteiger partial charge in [-0.05, 0) is 38.0 Å². The van der Waals surface area contributed by atoms with Gasteiger partial charge in [-0.15, -0.1) is 0 Å². The first-order valence-electron chi connectivity index (χ1n) is 8.78. The Balaban J connectivity index is 1.42. The molecule has 1 atom stereocenters. The Kier molecular flexibility index (Phi) is 4.81. The molecule has 136 valence electrons. The number of ether oxygens (including phenoxy) is 2. The lowest BCUT2D eigenvalue weighted by Gasteiger charge is -2.21. The van der Waals surface area contributed by atoms with Gasteiger partial charge in [0.25, 0.3) is 0 Å². The van der Waals surface area contributed by atoms with Crippen LogP contribution in [0.3, 0.4) is 0 Å². The Labute approximate surface area is 151 Å². The second kappa shape index (κ2) is 7.39. The monoisotopic (exact) mass is 354 g/mol. The van der Waals surface area contributed by atoms with E-state index >= 15 is 0 Å². The van der Waals surface area contributed by atoms with Crippen molar-refractivity contribution in [2.24, 2.45) is 0 Å². The Morgan fingerprint density at radius 2 is 2.23 bits per heavy atom. The zero-order valence-electron chi connectivity index (χ0n) is 15.0. The summed E-state index contributed by atoms with van der Waals surface area (Å²) in [5.41, 5.74) is 5.04. The number of fused-ring (bicyclic) bond motifs is 1. The van der Waals surface area contributed by atoms with E-state index < -0.39 is 0 Å². The van der Waals surface area contributed by atoms with E-state index in [1.54, 1.807) is 6.20 Å². The molecule has 0 N–H and O–H groups in total. The van der Waals surface area contributed by atoms with Gasteiger partial charge in [0, 0.05) is 18.0 Å². The fourth-order valence-electron chi connectivity index (χ4n) is 3.17. The quantitative estimate of drug-likeness (QED) is 0.677. The van der Waals surface area contributed by atoms with Crippen molar-refractivity contribution < 1.29 is 14.0 Å². The molecule has 7 nitrogen and oxygen atoms in total. The van der Waals surface area contributed by atoms with Crippen LogP contribution in [-0.4, -0.2) is 33.1 Å². The van der Waals surface area contributed by atoms with Crippen LogP contribution in [0.2, 0.25) is 0 Å². The van der Waals surface area contributed by atoms with Crippen LogP contribution in [0.4, 0.5) is 0 Å². The summed E-state index contributed by atoms with van der Waals surface area (Å²) in [5.74, 6) is 0.799. The summed E-state index contributed by atoms with van der Waals surface area (Å²) in [4.78, 5) is 4.36. The van der Waals surface area contributed by atoms with E-state index in [0.29, 0.717) is 26.4 Å². The van der Waals surface area contributed by atoms with E-state index in [1.165, 1.54) is 5.56 Å². The maximum Gasteiger partial charge on any atom is 0.139 e. The highest BCUT2D eigenvalue weighted by Crippen LogP contribution is 2.27. The van der Waals surface area contributed by atoms with Crippen LogP contribution in [0.25, 0.3) is 0 Å². The molecule has 3 aromatic rings. The molecular formula is C19H22N4O3. The van der Waals surface area contributed by atoms with E-state index in [4.69, 9.17) is 19.1 Å². The van der Waals surface area contributed by atoms with E-state index in [0.717, 1.165) is 34.8 Å². The number of pyridine rings is 1. The molecule has 7 heteroatoms. The molecule has 1 aliphatic rings. The van der Waals surface area contributed by atoms with Crippen molar-refractivity contribution in [3.8, 4) is 0 Å². The summed E-state index contributed by atoms with van der Waals surface area (Å²) in [7, 11) is 0. The Morgan fingerprint density at radius 1 is 1.31 bits per heavy atom. The highest BCUT2D eigenvalue weighted by molar-refractivity contribution is 5.23. The van der Waals surface area contributed by atoms with Crippen LogP contribution < -0.4 is 0 Å². The van der Waals surface area contributed by atoms with Crippen molar-refractivity contribution in [3.05, 3.63) is 64.6 Å². The van der Waals surface area contributed by atoms with Gasteiger partial charge in [0.2, 0.25) is 0 Å². The van der Waals surface area contributed by atoms with Crippen molar-refractivity contribution >= 4 is 0 Å². The minimum Gasteiger partial charge on any atom is -0.373 e. The molecule has 0 fully saturated rings. The molecule has 0 bridgehead atoms. The molecule has 0 aliphatic carbocycles. The summed E-state index contributed by atoms with van der Waals surface area (Å²) in [6.45, 7) is 6.07. The van der Waals surface area contributed by atoms with E-state index in [2.05, 4.69) is 16.3 Å². The van der Waals surface area contributed by atoms with Gasteiger partial charge in [-0.2, -0.15) is 5.10 Å². The van der Waals surface area contributed by atoms with Crippen LogP contribution in [0.5, 0.6) is 0 Å². The summed E-state index contributed by atoms with van der Waals surface area (Å²) in [6, 6.07) is 5.90. The molecule has 1 aliphatic heterocycles. The predicted octanol–water partition coefficient (Wildman–Crippen LogP) is 2.76. The molecular weight excluding hydrogens is 332 g/mol. The lowest BCUT2D eigenvalue weighted by molar-refractivity contribution is -0.0323. The van der Waals surface area contributed by atoms with Gasteiger partial charge >= 0.3 is 0 Å². The van der Waals surface area contributed by atoms with Crippen LogP contribution in [0.15, 0.2) is 35.1 Å². The SMILES string of the molecule is Cc1noc(C)c1COC[C@H]1OCCc2cn(Cc3ccccn3)nc21. The summed E-state index contributed by atoms with van der Waals surface area (Å²) >= 11 is 0. The first-order chi connectivity index (χ1) is 12.7. The molecule has 4 heterocycles. The van der Waals surface area contributed by atoms with Crippen molar-refractivity contribution in [2.75, 3.05) is 13.2 Å². The number of aryl methyl sites for hydroxylation is 2. The lowest BCUT2D eigenvalue weighted by atomic mass is 10.1. The average Bonchev–Trinajstić information content (AvgIpc) is 3.20. The van der Waals surface area contributed by atoms with Crippen LogP contribution >= 0.6 is 0 Å². The standard InChI is InChI=1S/C19H22N4O3/c1-13-17(14(2)26-22-13)11-24-12-18-19-15(6-8-25-18)9-23(21-19)10-16-5-3-4-7-20-16/h3-5,7,9,18H,6,8,10-12H2,1-2H3/t18-/m1/s1. The molecule has 0 saturated heterocycles. The number of rotatable bonds is 6. The number of hydrogen-bond acceptors (Lipinski definition) is 6. The van der Waals surface area contributed by atoms with Crippen molar-refractivity contribution in [3.63, 3.8) is 0 Å². The Bertz CT molecular complexity index is 853. The van der Waals surface area contributed by atoms with Gasteiger partial charge in [-0.25, -0.2) is 0 Å². The largest absolute Gasteiger partial charge is 0.373 e. The van der Waals surface area contributed by atoms with Gasteiger partial charge in [0.1, 0.15) is 11.9 Å². The zero-order chi connectivity index (χ0) is 17.9. The summed E-state index contributed by atoms with van der Waals surface area (Å²) in [6.07, 6.45) is 4.61. The predicted molar refractivity (Wildman–Crippen MR) is 93.6 cm³/mol. The maximum absolute atomic E-state index is 5.89. The summed E-state index contributed by atoms with van der Waals surface area (Å²) < 4.78 is 18.9. The van der Waals surface area contributed by atoms with Crippen molar-refractivity contribution in [1.29, 1.82) is 0 Å². The third-order valence-corrected chi connectivity index (χ3v) is 4.61. The molecule has 3 aromatic heterocycles. The fourth-order valence-corrected chi connectivity index (χ4v) is 3.17. The minimum atomic E-state index is -0.149.